The average molecular weight is 144 g/mol. The summed E-state index contributed by atoms with van der Waals surface area (Å²) in [5.41, 5.74) is 0. The van der Waals surface area contributed by atoms with Gasteiger partial charge < -0.3 is 14.6 Å². The van der Waals surface area contributed by atoms with Crippen molar-refractivity contribution in [2.24, 2.45) is 5.92 Å². The summed E-state index contributed by atoms with van der Waals surface area (Å²) in [5, 5.41) is 9.32. The van der Waals surface area contributed by atoms with Gasteiger partial charge in [0, 0.05) is 12.5 Å². The molecule has 0 bridgehead atoms. The number of hydrogen-bond donors (Lipinski definition) is 1. The predicted molar refractivity (Wildman–Crippen MR) is 34.4 cm³/mol. The molecule has 0 amide bonds. The fourth-order valence-electron chi connectivity index (χ4n) is 1.64. The molecule has 3 nitrogen and oxygen atoms in total. The second-order valence-electron chi connectivity index (χ2n) is 2.95. The van der Waals surface area contributed by atoms with Gasteiger partial charge in [0.2, 0.25) is 0 Å². The summed E-state index contributed by atoms with van der Waals surface area (Å²) in [5.74, 6) is 0.244. The van der Waals surface area contributed by atoms with E-state index in [9.17, 15) is 5.11 Å². The van der Waals surface area contributed by atoms with E-state index >= 15 is 0 Å². The number of aliphatic hydroxyl groups is 1. The molecule has 1 N–H and O–H groups in total. The quantitative estimate of drug-likeness (QED) is 0.525. The lowest BCUT2D eigenvalue weighted by molar-refractivity contribution is -0.152. The first-order chi connectivity index (χ1) is 4.88. The Hall–Kier alpha value is -0.120. The zero-order valence-corrected chi connectivity index (χ0v) is 5.82. The Bertz CT molecular complexity index is 124. The van der Waals surface area contributed by atoms with Crippen LogP contribution in [0.5, 0.6) is 0 Å². The minimum atomic E-state index is -0.287. The Labute approximate surface area is 59.9 Å². The number of ether oxygens (including phenoxy) is 2. The van der Waals surface area contributed by atoms with Gasteiger partial charge in [-0.3, -0.25) is 0 Å². The van der Waals surface area contributed by atoms with Crippen LogP contribution in [0.3, 0.4) is 0 Å². The van der Waals surface area contributed by atoms with Crippen molar-refractivity contribution in [2.45, 2.75) is 25.2 Å². The normalized spacial score (nSPS) is 47.1. The summed E-state index contributed by atoms with van der Waals surface area (Å²) in [4.78, 5) is 0. The molecule has 0 unspecified atom stereocenters. The van der Waals surface area contributed by atoms with Crippen molar-refractivity contribution in [2.75, 3.05) is 13.2 Å². The van der Waals surface area contributed by atoms with Crippen molar-refractivity contribution < 1.29 is 14.6 Å². The molecule has 2 aliphatic rings. The van der Waals surface area contributed by atoms with Crippen molar-refractivity contribution in [3.63, 3.8) is 0 Å². The lowest BCUT2D eigenvalue weighted by Crippen LogP contribution is -2.30. The van der Waals surface area contributed by atoms with Gasteiger partial charge in [-0.05, 0) is 12.8 Å². The van der Waals surface area contributed by atoms with Gasteiger partial charge in [-0.25, -0.2) is 0 Å². The molecule has 2 saturated heterocycles. The molecular weight excluding hydrogens is 132 g/mol. The number of fused-ring (bicyclic) bond motifs is 1. The van der Waals surface area contributed by atoms with Crippen LogP contribution in [-0.2, 0) is 9.47 Å². The van der Waals surface area contributed by atoms with Gasteiger partial charge in [0.25, 0.3) is 0 Å². The highest BCUT2D eigenvalue weighted by atomic mass is 16.7. The second kappa shape index (κ2) is 2.49. The van der Waals surface area contributed by atoms with Crippen molar-refractivity contribution in [3.05, 3.63) is 0 Å². The van der Waals surface area contributed by atoms with E-state index in [0.29, 0.717) is 6.61 Å². The third-order valence-corrected chi connectivity index (χ3v) is 2.24. The van der Waals surface area contributed by atoms with Gasteiger partial charge in [0.05, 0.1) is 12.7 Å². The molecule has 2 aliphatic heterocycles. The monoisotopic (exact) mass is 144 g/mol. The molecule has 0 aromatic rings. The van der Waals surface area contributed by atoms with Crippen molar-refractivity contribution in [1.82, 2.24) is 0 Å². The maximum atomic E-state index is 9.32. The maximum absolute atomic E-state index is 9.32. The van der Waals surface area contributed by atoms with E-state index in [4.69, 9.17) is 9.47 Å². The van der Waals surface area contributed by atoms with Crippen LogP contribution in [0.4, 0.5) is 0 Å². The van der Waals surface area contributed by atoms with E-state index in [-0.39, 0.29) is 18.3 Å². The van der Waals surface area contributed by atoms with Crippen LogP contribution in [0.25, 0.3) is 0 Å². The molecule has 2 fully saturated rings. The summed E-state index contributed by atoms with van der Waals surface area (Å²) >= 11 is 0. The van der Waals surface area contributed by atoms with Crippen LogP contribution in [0.2, 0.25) is 0 Å². The Morgan fingerprint density at radius 3 is 3.00 bits per heavy atom. The molecule has 0 aliphatic carbocycles. The third kappa shape index (κ3) is 0.944. The molecular formula is C7H12O3. The van der Waals surface area contributed by atoms with Gasteiger partial charge in [-0.15, -0.1) is 0 Å². The van der Waals surface area contributed by atoms with Gasteiger partial charge in [0.1, 0.15) is 0 Å². The summed E-state index contributed by atoms with van der Waals surface area (Å²) in [7, 11) is 0. The summed E-state index contributed by atoms with van der Waals surface area (Å²) in [6.07, 6.45) is 1.71. The van der Waals surface area contributed by atoms with E-state index in [1.807, 2.05) is 0 Å². The minimum absolute atomic E-state index is 0.108. The smallest absolute Gasteiger partial charge is 0.163 e. The Morgan fingerprint density at radius 1 is 1.30 bits per heavy atom. The molecule has 3 atom stereocenters. The number of hydrogen-bond acceptors (Lipinski definition) is 3. The SMILES string of the molecule is O[C@@H]1CO[C@@H]2OCCC[C@@H]21. The highest BCUT2D eigenvalue weighted by Crippen LogP contribution is 2.30. The number of aliphatic hydroxyl groups excluding tert-OH is 1. The summed E-state index contributed by atoms with van der Waals surface area (Å²) in [6, 6.07) is 0. The Kier molecular flexibility index (Phi) is 1.64. The molecule has 0 saturated carbocycles. The second-order valence-corrected chi connectivity index (χ2v) is 2.95. The highest BCUT2D eigenvalue weighted by Gasteiger charge is 2.38. The maximum Gasteiger partial charge on any atom is 0.163 e. The highest BCUT2D eigenvalue weighted by molar-refractivity contribution is 4.80. The van der Waals surface area contributed by atoms with E-state index in [2.05, 4.69) is 0 Å². The Morgan fingerprint density at radius 2 is 2.20 bits per heavy atom. The van der Waals surface area contributed by atoms with Crippen LogP contribution in [0.15, 0.2) is 0 Å². The molecule has 58 valence electrons. The van der Waals surface area contributed by atoms with Crippen molar-refractivity contribution in [1.29, 1.82) is 0 Å². The molecule has 2 heterocycles. The lowest BCUT2D eigenvalue weighted by Gasteiger charge is -2.25. The zero-order valence-electron chi connectivity index (χ0n) is 5.82. The fraction of sp³-hybridized carbons (Fsp3) is 1.00. The van der Waals surface area contributed by atoms with Crippen LogP contribution in [0.1, 0.15) is 12.8 Å². The molecule has 0 aromatic carbocycles. The van der Waals surface area contributed by atoms with Crippen LogP contribution >= 0.6 is 0 Å². The van der Waals surface area contributed by atoms with Crippen LogP contribution in [-0.4, -0.2) is 30.7 Å². The van der Waals surface area contributed by atoms with E-state index in [1.54, 1.807) is 0 Å². The van der Waals surface area contributed by atoms with Crippen LogP contribution in [0, 0.1) is 5.92 Å². The summed E-state index contributed by atoms with van der Waals surface area (Å²) < 4.78 is 10.5. The summed E-state index contributed by atoms with van der Waals surface area (Å²) in [6.45, 7) is 1.24. The first-order valence-corrected chi connectivity index (χ1v) is 3.79. The molecule has 10 heavy (non-hydrogen) atoms. The fourth-order valence-corrected chi connectivity index (χ4v) is 1.64. The van der Waals surface area contributed by atoms with Gasteiger partial charge in [-0.2, -0.15) is 0 Å². The van der Waals surface area contributed by atoms with Gasteiger partial charge in [-0.1, -0.05) is 0 Å². The first kappa shape index (κ1) is 6.58. The van der Waals surface area contributed by atoms with Gasteiger partial charge in [0.15, 0.2) is 6.29 Å². The lowest BCUT2D eigenvalue weighted by atomic mass is 9.97. The first-order valence-electron chi connectivity index (χ1n) is 3.79. The number of rotatable bonds is 0. The predicted octanol–water partition coefficient (Wildman–Crippen LogP) is 0.130. The average Bonchev–Trinajstić information content (AvgIpc) is 2.34. The van der Waals surface area contributed by atoms with E-state index < -0.39 is 0 Å². The van der Waals surface area contributed by atoms with Crippen LogP contribution < -0.4 is 0 Å². The Balaban J connectivity index is 2.01. The topological polar surface area (TPSA) is 38.7 Å². The largest absolute Gasteiger partial charge is 0.390 e. The molecule has 0 radical (unpaired) electrons. The van der Waals surface area contributed by atoms with E-state index in [1.165, 1.54) is 0 Å². The van der Waals surface area contributed by atoms with Crippen molar-refractivity contribution >= 4 is 0 Å². The molecule has 0 aromatic heterocycles. The molecule has 3 heteroatoms. The van der Waals surface area contributed by atoms with Crippen molar-refractivity contribution in [3.8, 4) is 0 Å². The minimum Gasteiger partial charge on any atom is -0.390 e. The van der Waals surface area contributed by atoms with E-state index in [0.717, 1.165) is 19.4 Å². The standard InChI is InChI=1S/C7H12O3/c8-6-4-10-7-5(6)2-1-3-9-7/h5-8H,1-4H2/t5-,6-,7+/m1/s1. The molecule has 2 rings (SSSR count). The zero-order chi connectivity index (χ0) is 6.97. The molecule has 0 spiro atoms. The third-order valence-electron chi connectivity index (χ3n) is 2.24. The van der Waals surface area contributed by atoms with Gasteiger partial charge >= 0.3 is 0 Å².